The summed E-state index contributed by atoms with van der Waals surface area (Å²) in [6.07, 6.45) is 1.23. The third kappa shape index (κ3) is 5.52. The maximum Gasteiger partial charge on any atom is 1.00 e. The van der Waals surface area contributed by atoms with Crippen molar-refractivity contribution in [3.63, 3.8) is 0 Å². The third-order valence-electron chi connectivity index (χ3n) is 3.98. The molecule has 1 aromatic carbocycles. The fourth-order valence-corrected chi connectivity index (χ4v) is 3.91. The van der Waals surface area contributed by atoms with E-state index in [-0.39, 0.29) is 40.0 Å². The summed E-state index contributed by atoms with van der Waals surface area (Å²) >= 11 is 3.30. The van der Waals surface area contributed by atoms with Crippen LogP contribution in [0.15, 0.2) is 45.9 Å². The first-order valence-corrected chi connectivity index (χ1v) is 10.2. The van der Waals surface area contributed by atoms with Gasteiger partial charge >= 0.3 is 29.6 Å². The van der Waals surface area contributed by atoms with Crippen LogP contribution in [0.1, 0.15) is 15.9 Å². The van der Waals surface area contributed by atoms with Crippen molar-refractivity contribution in [1.29, 1.82) is 0 Å². The first kappa shape index (κ1) is 22.3. The Kier molecular flexibility index (Phi) is 7.84. The fourth-order valence-electron chi connectivity index (χ4n) is 2.58. The number of halogens is 1. The Labute approximate surface area is 189 Å². The Bertz CT molecular complexity index is 916. The zero-order chi connectivity index (χ0) is 18.7. The van der Waals surface area contributed by atoms with Crippen molar-refractivity contribution in [3.8, 4) is 0 Å². The number of ether oxygens (including phenoxy) is 1. The van der Waals surface area contributed by atoms with Crippen LogP contribution in [-0.4, -0.2) is 45.6 Å². The number of hydrogen-bond donors (Lipinski definition) is 0. The molecule has 1 amide bonds. The van der Waals surface area contributed by atoms with Crippen molar-refractivity contribution in [1.82, 2.24) is 4.98 Å². The normalized spacial score (nSPS) is 14.4. The number of amides is 1. The minimum Gasteiger partial charge on any atom is -0.537 e. The third-order valence-corrected chi connectivity index (χ3v) is 5.71. The number of carbonyl (C=O) groups is 1. The molecule has 10 heteroatoms. The summed E-state index contributed by atoms with van der Waals surface area (Å²) in [5, 5.41) is 0. The molecule has 0 N–H and O–H groups in total. The maximum atomic E-state index is 12.4. The van der Waals surface area contributed by atoms with Crippen molar-refractivity contribution in [2.24, 2.45) is 0 Å². The first-order chi connectivity index (χ1) is 12.4. The topological polar surface area (TPSA) is 90.7 Å². The number of nitrogens with zero attached hydrogens (tertiary/aromatic N) is 3. The second kappa shape index (κ2) is 9.49. The zero-order valence-electron chi connectivity index (χ0n) is 15.1. The SMILES string of the molecule is Cc1cc(Br)ccc1C(=O)[N-]S(=O)(=O)c1ccc(N2CCOCC2)nc1.[Na+]. The number of sulfonamides is 1. The molecule has 1 aromatic heterocycles. The van der Waals surface area contributed by atoms with Crippen molar-refractivity contribution in [3.05, 3.63) is 56.9 Å². The zero-order valence-corrected chi connectivity index (χ0v) is 19.5. The Hall–Kier alpha value is -0.970. The second-order valence-electron chi connectivity index (χ2n) is 5.78. The van der Waals surface area contributed by atoms with Gasteiger partial charge in [-0.25, -0.2) is 13.4 Å². The number of aromatic nitrogens is 1. The van der Waals surface area contributed by atoms with E-state index in [1.807, 2.05) is 4.90 Å². The molecule has 1 fully saturated rings. The van der Waals surface area contributed by atoms with Crippen molar-refractivity contribution < 1.29 is 47.5 Å². The van der Waals surface area contributed by atoms with Crippen molar-refractivity contribution >= 4 is 37.7 Å². The summed E-state index contributed by atoms with van der Waals surface area (Å²) < 4.78 is 34.3. The van der Waals surface area contributed by atoms with E-state index in [9.17, 15) is 13.2 Å². The van der Waals surface area contributed by atoms with E-state index in [1.54, 1.807) is 31.2 Å². The first-order valence-electron chi connectivity index (χ1n) is 7.94. The molecule has 1 aliphatic heterocycles. The molecular formula is C17H17BrN3NaO4S. The molecule has 27 heavy (non-hydrogen) atoms. The Morgan fingerprint density at radius 1 is 1.22 bits per heavy atom. The standard InChI is InChI=1S/C17H18BrN3O4S.Na/c1-12-10-13(18)2-4-15(12)17(22)20-26(23,24)14-3-5-16(19-11-14)21-6-8-25-9-7-21;/h2-5,10-11H,6-9H2,1H3,(H,20,22);/q;+1/p-1. The van der Waals surface area contributed by atoms with Crippen LogP contribution in [-0.2, 0) is 14.8 Å². The molecule has 7 nitrogen and oxygen atoms in total. The molecule has 1 saturated heterocycles. The van der Waals surface area contributed by atoms with E-state index in [1.165, 1.54) is 12.3 Å². The molecule has 0 aliphatic carbocycles. The van der Waals surface area contributed by atoms with Gasteiger partial charge in [-0.15, -0.1) is 0 Å². The summed E-state index contributed by atoms with van der Waals surface area (Å²) in [5.41, 5.74) is 0.888. The van der Waals surface area contributed by atoms with E-state index >= 15 is 0 Å². The van der Waals surface area contributed by atoms with E-state index in [0.717, 1.165) is 4.47 Å². The smallest absolute Gasteiger partial charge is 0.537 e. The molecule has 0 bridgehead atoms. The van der Waals surface area contributed by atoms with Gasteiger partial charge in [0.15, 0.2) is 0 Å². The predicted octanol–water partition coefficient (Wildman–Crippen LogP) is -0.104. The van der Waals surface area contributed by atoms with Crippen LogP contribution in [0, 0.1) is 6.92 Å². The number of hydrogen-bond acceptors (Lipinski definition) is 6. The Balaban J connectivity index is 0.00000261. The average Bonchev–Trinajstić information content (AvgIpc) is 2.62. The van der Waals surface area contributed by atoms with Gasteiger partial charge in [-0.05, 0) is 36.8 Å². The molecule has 0 atom stereocenters. The molecule has 0 saturated carbocycles. The number of rotatable bonds is 4. The number of benzene rings is 1. The van der Waals surface area contributed by atoms with Gasteiger partial charge in [0.05, 0.1) is 24.0 Å². The molecule has 2 aromatic rings. The summed E-state index contributed by atoms with van der Waals surface area (Å²) in [7, 11) is -4.12. The molecule has 1 aliphatic rings. The molecule has 0 unspecified atom stereocenters. The minimum atomic E-state index is -4.12. The largest absolute Gasteiger partial charge is 1.00 e. The number of aryl methyl sites for hydroxylation is 1. The van der Waals surface area contributed by atoms with Gasteiger partial charge < -0.3 is 19.2 Å². The van der Waals surface area contributed by atoms with Crippen molar-refractivity contribution in [2.45, 2.75) is 11.8 Å². The monoisotopic (exact) mass is 461 g/mol. The number of pyridine rings is 1. The van der Waals surface area contributed by atoms with Crippen LogP contribution in [0.5, 0.6) is 0 Å². The molecule has 2 heterocycles. The average molecular weight is 462 g/mol. The minimum absolute atomic E-state index is 0. The van der Waals surface area contributed by atoms with Crippen LogP contribution in [0.4, 0.5) is 5.82 Å². The summed E-state index contributed by atoms with van der Waals surface area (Å²) in [6, 6.07) is 7.97. The molecule has 3 rings (SSSR count). The van der Waals surface area contributed by atoms with Crippen LogP contribution in [0.3, 0.4) is 0 Å². The molecule has 0 spiro atoms. The number of anilines is 1. The molecule has 0 radical (unpaired) electrons. The van der Waals surface area contributed by atoms with Gasteiger partial charge in [-0.3, -0.25) is 0 Å². The van der Waals surface area contributed by atoms with Gasteiger partial charge in [0.2, 0.25) is 0 Å². The van der Waals surface area contributed by atoms with Crippen molar-refractivity contribution in [2.75, 3.05) is 31.2 Å². The van der Waals surface area contributed by atoms with E-state index in [2.05, 4.69) is 25.6 Å². The summed E-state index contributed by atoms with van der Waals surface area (Å²) in [5.74, 6) is -0.130. The quantitative estimate of drug-likeness (QED) is 0.590. The predicted molar refractivity (Wildman–Crippen MR) is 101 cm³/mol. The summed E-state index contributed by atoms with van der Waals surface area (Å²) in [4.78, 5) is 18.4. The van der Waals surface area contributed by atoms with Gasteiger partial charge in [0.1, 0.15) is 15.8 Å². The number of morpholine rings is 1. The van der Waals surface area contributed by atoms with Gasteiger partial charge in [-0.2, -0.15) is 0 Å². The Morgan fingerprint density at radius 3 is 2.52 bits per heavy atom. The van der Waals surface area contributed by atoms with Crippen LogP contribution < -0.4 is 34.5 Å². The van der Waals surface area contributed by atoms with E-state index < -0.39 is 15.9 Å². The van der Waals surface area contributed by atoms with E-state index in [0.29, 0.717) is 37.7 Å². The molecule has 138 valence electrons. The summed E-state index contributed by atoms with van der Waals surface area (Å²) in [6.45, 7) is 4.34. The van der Waals surface area contributed by atoms with Gasteiger partial charge in [0, 0.05) is 29.3 Å². The Morgan fingerprint density at radius 2 is 1.93 bits per heavy atom. The van der Waals surface area contributed by atoms with Gasteiger partial charge in [-0.1, -0.05) is 22.0 Å². The van der Waals surface area contributed by atoms with Gasteiger partial charge in [0.25, 0.3) is 0 Å². The fraction of sp³-hybridized carbons (Fsp3) is 0.294. The van der Waals surface area contributed by atoms with E-state index in [4.69, 9.17) is 4.74 Å². The molecular weight excluding hydrogens is 445 g/mol. The van der Waals surface area contributed by atoms with Crippen LogP contribution in [0.25, 0.3) is 4.72 Å². The van der Waals surface area contributed by atoms with Crippen LogP contribution >= 0.6 is 15.9 Å². The second-order valence-corrected chi connectivity index (χ2v) is 8.30. The van der Waals surface area contributed by atoms with Crippen LogP contribution in [0.2, 0.25) is 0 Å². The number of carbonyl (C=O) groups excluding carboxylic acids is 1. The maximum absolute atomic E-state index is 12.4.